The van der Waals surface area contributed by atoms with E-state index in [0.29, 0.717) is 5.92 Å². The fourth-order valence-electron chi connectivity index (χ4n) is 2.51. The third-order valence-electron chi connectivity index (χ3n) is 3.05. The topological polar surface area (TPSA) is 102 Å². The van der Waals surface area contributed by atoms with Crippen LogP contribution >= 0.6 is 0 Å². The summed E-state index contributed by atoms with van der Waals surface area (Å²) in [4.78, 5) is 37.4. The Labute approximate surface area is 129 Å². The number of amides is 2. The summed E-state index contributed by atoms with van der Waals surface area (Å²) in [6.07, 6.45) is 2.24. The fraction of sp³-hybridized carbons (Fsp3) is 0.533. The van der Waals surface area contributed by atoms with Crippen LogP contribution in [0.2, 0.25) is 0 Å². The van der Waals surface area contributed by atoms with E-state index in [9.17, 15) is 19.7 Å². The summed E-state index contributed by atoms with van der Waals surface area (Å²) in [5.74, 6) is -1.03. The Kier molecular flexibility index (Phi) is 5.73. The zero-order valence-electron chi connectivity index (χ0n) is 13.3. The second kappa shape index (κ2) is 7.11. The first-order valence-electron chi connectivity index (χ1n) is 7.05. The average molecular weight is 307 g/mol. The van der Waals surface area contributed by atoms with Crippen molar-refractivity contribution in [1.29, 1.82) is 0 Å². The molecule has 0 fully saturated rings. The molecule has 0 aliphatic rings. The Bertz CT molecular complexity index is 582. The van der Waals surface area contributed by atoms with Crippen LogP contribution in [-0.4, -0.2) is 21.7 Å². The normalized spacial score (nSPS) is 11.3. The van der Waals surface area contributed by atoms with Gasteiger partial charge in [0.2, 0.25) is 5.91 Å². The van der Waals surface area contributed by atoms with Crippen molar-refractivity contribution in [2.75, 3.05) is 0 Å². The van der Waals surface area contributed by atoms with Crippen LogP contribution in [0.15, 0.2) is 18.3 Å². The highest BCUT2D eigenvalue weighted by molar-refractivity contribution is 6.04. The molecule has 22 heavy (non-hydrogen) atoms. The van der Waals surface area contributed by atoms with Crippen molar-refractivity contribution in [2.45, 2.75) is 40.5 Å². The molecule has 0 radical (unpaired) electrons. The Morgan fingerprint density at radius 2 is 2.05 bits per heavy atom. The zero-order valence-corrected chi connectivity index (χ0v) is 13.3. The van der Waals surface area contributed by atoms with Crippen molar-refractivity contribution in [3.05, 3.63) is 34.0 Å². The van der Waals surface area contributed by atoms with Crippen molar-refractivity contribution < 1.29 is 14.5 Å². The predicted molar refractivity (Wildman–Crippen MR) is 81.2 cm³/mol. The Balaban J connectivity index is 2.70. The molecule has 1 rings (SSSR count). The first-order chi connectivity index (χ1) is 10.1. The summed E-state index contributed by atoms with van der Waals surface area (Å²) < 4.78 is 0. The molecule has 0 aliphatic heterocycles. The zero-order chi connectivity index (χ0) is 16.9. The van der Waals surface area contributed by atoms with Crippen LogP contribution in [0.4, 0.5) is 5.82 Å². The number of carbonyl (C=O) groups is 2. The van der Waals surface area contributed by atoms with Gasteiger partial charge in [0, 0.05) is 12.5 Å². The van der Waals surface area contributed by atoms with E-state index in [-0.39, 0.29) is 17.4 Å². The van der Waals surface area contributed by atoms with E-state index in [0.717, 1.165) is 12.5 Å². The van der Waals surface area contributed by atoms with Crippen molar-refractivity contribution in [3.8, 4) is 0 Å². The molecule has 120 valence electrons. The maximum Gasteiger partial charge on any atom is 0.364 e. The number of aromatic nitrogens is 1. The lowest BCUT2D eigenvalue weighted by Gasteiger charge is -2.25. The lowest BCUT2D eigenvalue weighted by molar-refractivity contribution is -0.389. The number of nitrogens with one attached hydrogen (secondary N) is 1. The highest BCUT2D eigenvalue weighted by atomic mass is 16.6. The van der Waals surface area contributed by atoms with Crippen LogP contribution in [0.25, 0.3) is 0 Å². The molecule has 0 unspecified atom stereocenters. The van der Waals surface area contributed by atoms with E-state index in [1.54, 1.807) is 0 Å². The van der Waals surface area contributed by atoms with Gasteiger partial charge in [0.25, 0.3) is 5.91 Å². The molecule has 2 amide bonds. The van der Waals surface area contributed by atoms with E-state index in [1.807, 2.05) is 13.8 Å². The van der Waals surface area contributed by atoms with Crippen LogP contribution < -0.4 is 5.32 Å². The molecule has 0 aliphatic carbocycles. The van der Waals surface area contributed by atoms with Crippen LogP contribution in [0.1, 0.15) is 50.9 Å². The van der Waals surface area contributed by atoms with E-state index in [1.165, 1.54) is 12.3 Å². The van der Waals surface area contributed by atoms with E-state index in [4.69, 9.17) is 0 Å². The molecule has 7 nitrogen and oxygen atoms in total. The van der Waals surface area contributed by atoms with E-state index < -0.39 is 22.6 Å². The molecule has 1 N–H and O–H groups in total. The number of pyridine rings is 1. The molecule has 0 spiro atoms. The lowest BCUT2D eigenvalue weighted by atomic mass is 9.81. The van der Waals surface area contributed by atoms with Gasteiger partial charge < -0.3 is 10.1 Å². The number of nitrogens with zero attached hydrogens (tertiary/aromatic N) is 2. The van der Waals surface area contributed by atoms with Crippen LogP contribution in [0.5, 0.6) is 0 Å². The first-order valence-corrected chi connectivity index (χ1v) is 7.05. The summed E-state index contributed by atoms with van der Waals surface area (Å²) in [6.45, 7) is 8.07. The van der Waals surface area contributed by atoms with Gasteiger partial charge in [-0.25, -0.2) is 0 Å². The Morgan fingerprint density at radius 3 is 2.59 bits per heavy atom. The highest BCUT2D eigenvalue weighted by Gasteiger charge is 2.24. The minimum atomic E-state index is -0.690. The molecular weight excluding hydrogens is 286 g/mol. The van der Waals surface area contributed by atoms with Gasteiger partial charge in [-0.05, 0) is 33.7 Å². The third kappa shape index (κ3) is 5.59. The average Bonchev–Trinajstić information content (AvgIpc) is 2.36. The van der Waals surface area contributed by atoms with Crippen LogP contribution in [0.3, 0.4) is 0 Å². The summed E-state index contributed by atoms with van der Waals surface area (Å²) >= 11 is 0. The molecule has 0 atom stereocenters. The predicted octanol–water partition coefficient (Wildman–Crippen LogP) is 2.71. The monoisotopic (exact) mass is 307 g/mol. The Morgan fingerprint density at radius 1 is 1.41 bits per heavy atom. The standard InChI is InChI=1S/C15H21N3O4/c1-10(2)8-15(3,4)9-13(19)17-14(20)11-5-6-16-12(7-11)18(21)22/h5-7,10H,8-9H2,1-4H3,(H,17,19,20). The minimum Gasteiger partial charge on any atom is -0.358 e. The number of rotatable bonds is 6. The van der Waals surface area contributed by atoms with Crippen molar-refractivity contribution in [1.82, 2.24) is 10.3 Å². The van der Waals surface area contributed by atoms with Crippen molar-refractivity contribution >= 4 is 17.6 Å². The van der Waals surface area contributed by atoms with Gasteiger partial charge >= 0.3 is 5.82 Å². The maximum atomic E-state index is 12.0. The molecule has 0 aromatic carbocycles. The molecule has 0 bridgehead atoms. The van der Waals surface area contributed by atoms with Crippen molar-refractivity contribution in [3.63, 3.8) is 0 Å². The molecule has 1 heterocycles. The second-order valence-electron chi connectivity index (χ2n) is 6.48. The second-order valence-corrected chi connectivity index (χ2v) is 6.48. The number of carbonyl (C=O) groups excluding carboxylic acids is 2. The quantitative estimate of drug-likeness (QED) is 0.643. The van der Waals surface area contributed by atoms with Gasteiger partial charge in [-0.3, -0.25) is 14.9 Å². The third-order valence-corrected chi connectivity index (χ3v) is 3.05. The van der Waals surface area contributed by atoms with Gasteiger partial charge in [0.15, 0.2) is 0 Å². The summed E-state index contributed by atoms with van der Waals surface area (Å²) in [5, 5.41) is 12.9. The van der Waals surface area contributed by atoms with Gasteiger partial charge in [-0.15, -0.1) is 0 Å². The van der Waals surface area contributed by atoms with Gasteiger partial charge in [0.05, 0.1) is 5.56 Å². The smallest absolute Gasteiger partial charge is 0.358 e. The number of hydrogen-bond acceptors (Lipinski definition) is 5. The van der Waals surface area contributed by atoms with Gasteiger partial charge in [-0.1, -0.05) is 27.7 Å². The largest absolute Gasteiger partial charge is 0.364 e. The highest BCUT2D eigenvalue weighted by Crippen LogP contribution is 2.28. The summed E-state index contributed by atoms with van der Waals surface area (Å²) in [6, 6.07) is 2.37. The minimum absolute atomic E-state index is 0.0386. The molecule has 7 heteroatoms. The van der Waals surface area contributed by atoms with Crippen LogP contribution in [-0.2, 0) is 4.79 Å². The van der Waals surface area contributed by atoms with Gasteiger partial charge in [-0.2, -0.15) is 0 Å². The van der Waals surface area contributed by atoms with Crippen LogP contribution in [0, 0.1) is 21.4 Å². The molecule has 0 saturated heterocycles. The SMILES string of the molecule is CC(C)CC(C)(C)CC(=O)NC(=O)c1ccnc([N+](=O)[O-])c1. The lowest BCUT2D eigenvalue weighted by Crippen LogP contribution is -2.34. The number of nitro groups is 1. The van der Waals surface area contributed by atoms with E-state index in [2.05, 4.69) is 24.1 Å². The Hall–Kier alpha value is -2.31. The molecule has 0 saturated carbocycles. The number of imide groups is 1. The fourth-order valence-corrected chi connectivity index (χ4v) is 2.51. The first kappa shape index (κ1) is 17.7. The molecule has 1 aromatic heterocycles. The van der Waals surface area contributed by atoms with Crippen molar-refractivity contribution in [2.24, 2.45) is 11.3 Å². The van der Waals surface area contributed by atoms with Gasteiger partial charge in [0.1, 0.15) is 6.20 Å². The summed E-state index contributed by atoms with van der Waals surface area (Å²) in [5.41, 5.74) is -0.181. The van der Waals surface area contributed by atoms with E-state index >= 15 is 0 Å². The number of hydrogen-bond donors (Lipinski definition) is 1. The molecular formula is C15H21N3O4. The maximum absolute atomic E-state index is 12.0. The summed E-state index contributed by atoms with van der Waals surface area (Å²) in [7, 11) is 0. The molecule has 1 aromatic rings.